The number of nitriles is 1. The van der Waals surface area contributed by atoms with E-state index < -0.39 is 0 Å². The summed E-state index contributed by atoms with van der Waals surface area (Å²) in [7, 11) is 0. The third-order valence-electron chi connectivity index (χ3n) is 2.28. The molecule has 0 atom stereocenters. The maximum atomic E-state index is 12.1. The first-order chi connectivity index (χ1) is 7.65. The Morgan fingerprint density at radius 2 is 2.06 bits per heavy atom. The van der Waals surface area contributed by atoms with Crippen molar-refractivity contribution in [2.24, 2.45) is 0 Å². The first-order valence-corrected chi connectivity index (χ1v) is 5.68. The summed E-state index contributed by atoms with van der Waals surface area (Å²) in [4.78, 5) is 12.1. The molecular formula is C11H11N3OS. The van der Waals surface area contributed by atoms with Crippen LogP contribution in [0.25, 0.3) is 0 Å². The Hall–Kier alpha value is -1.67. The van der Waals surface area contributed by atoms with E-state index in [0.29, 0.717) is 11.3 Å². The van der Waals surface area contributed by atoms with Crippen LogP contribution < -0.4 is 4.31 Å². The van der Waals surface area contributed by atoms with Gasteiger partial charge in [-0.15, -0.1) is 0 Å². The van der Waals surface area contributed by atoms with Gasteiger partial charge in [0.15, 0.2) is 6.19 Å². The molecule has 4 nitrogen and oxygen atoms in total. The van der Waals surface area contributed by atoms with Crippen LogP contribution in [0.4, 0.5) is 5.69 Å². The lowest BCUT2D eigenvalue weighted by Gasteiger charge is -2.33. The molecule has 0 bridgehead atoms. The number of amides is 1. The Bertz CT molecular complexity index is 467. The maximum Gasteiger partial charge on any atom is 0.267 e. The molecule has 0 fully saturated rings. The first-order valence-electron chi connectivity index (χ1n) is 4.95. The monoisotopic (exact) mass is 233 g/mol. The van der Waals surface area contributed by atoms with Crippen LogP contribution in [0, 0.1) is 11.5 Å². The lowest BCUT2D eigenvalue weighted by atomic mass is 10.1. The standard InChI is InChI=1S/C11H11N3OS/c1-8(2)14-11(15)9-5-3-4-6-10(9)13(7-12)16-14/h3-6,8H,1-2H3. The van der Waals surface area contributed by atoms with E-state index >= 15 is 0 Å². The van der Waals surface area contributed by atoms with Gasteiger partial charge >= 0.3 is 0 Å². The summed E-state index contributed by atoms with van der Waals surface area (Å²) in [5, 5.41) is 9.04. The van der Waals surface area contributed by atoms with Crippen LogP contribution in [-0.2, 0) is 0 Å². The summed E-state index contributed by atoms with van der Waals surface area (Å²) in [6.07, 6.45) is 2.07. The van der Waals surface area contributed by atoms with Crippen LogP contribution in [0.15, 0.2) is 24.3 Å². The van der Waals surface area contributed by atoms with E-state index in [4.69, 9.17) is 5.26 Å². The molecule has 1 heterocycles. The number of hydrogen-bond donors (Lipinski definition) is 0. The molecule has 82 valence electrons. The summed E-state index contributed by atoms with van der Waals surface area (Å²) < 4.78 is 3.06. The Morgan fingerprint density at radius 1 is 1.38 bits per heavy atom. The number of benzene rings is 1. The van der Waals surface area contributed by atoms with Gasteiger partial charge in [-0.1, -0.05) is 12.1 Å². The van der Waals surface area contributed by atoms with E-state index in [1.54, 1.807) is 22.5 Å². The van der Waals surface area contributed by atoms with Gasteiger partial charge in [0, 0.05) is 6.04 Å². The normalized spacial score (nSPS) is 15.0. The van der Waals surface area contributed by atoms with Crippen LogP contribution in [0.1, 0.15) is 24.2 Å². The third-order valence-corrected chi connectivity index (χ3v) is 3.49. The third kappa shape index (κ3) is 1.61. The van der Waals surface area contributed by atoms with Crippen molar-refractivity contribution >= 4 is 23.7 Å². The molecule has 0 N–H and O–H groups in total. The second-order valence-corrected chi connectivity index (χ2v) is 4.64. The predicted molar refractivity (Wildman–Crippen MR) is 63.4 cm³/mol. The van der Waals surface area contributed by atoms with Gasteiger partial charge in [0.25, 0.3) is 5.91 Å². The molecule has 0 radical (unpaired) electrons. The molecule has 1 amide bonds. The van der Waals surface area contributed by atoms with Crippen molar-refractivity contribution in [2.45, 2.75) is 19.9 Å². The van der Waals surface area contributed by atoms with Crippen molar-refractivity contribution in [3.05, 3.63) is 29.8 Å². The SMILES string of the molecule is CC(C)N1SN(C#N)c2ccccc2C1=O. The summed E-state index contributed by atoms with van der Waals surface area (Å²) in [6, 6.07) is 7.21. The Labute approximate surface area is 98.7 Å². The molecule has 1 aromatic rings. The number of hydrogen-bond acceptors (Lipinski definition) is 4. The molecule has 1 aliphatic heterocycles. The van der Waals surface area contributed by atoms with Gasteiger partial charge in [-0.3, -0.25) is 9.10 Å². The van der Waals surface area contributed by atoms with E-state index in [1.165, 1.54) is 4.31 Å². The number of fused-ring (bicyclic) bond motifs is 1. The van der Waals surface area contributed by atoms with Gasteiger partial charge in [-0.05, 0) is 26.0 Å². The van der Waals surface area contributed by atoms with E-state index in [2.05, 4.69) is 6.19 Å². The zero-order chi connectivity index (χ0) is 11.7. The topological polar surface area (TPSA) is 47.3 Å². The van der Waals surface area contributed by atoms with Gasteiger partial charge in [-0.25, -0.2) is 4.31 Å². The van der Waals surface area contributed by atoms with Crippen molar-refractivity contribution in [1.82, 2.24) is 4.31 Å². The molecule has 0 spiro atoms. The fourth-order valence-electron chi connectivity index (χ4n) is 1.52. The zero-order valence-electron chi connectivity index (χ0n) is 9.04. The number of carbonyl (C=O) groups is 1. The number of rotatable bonds is 1. The fourth-order valence-corrected chi connectivity index (χ4v) is 2.34. The van der Waals surface area contributed by atoms with Crippen LogP contribution >= 0.6 is 12.1 Å². The maximum absolute atomic E-state index is 12.1. The Kier molecular flexibility index (Phi) is 2.75. The Morgan fingerprint density at radius 3 is 2.69 bits per heavy atom. The number of carbonyl (C=O) groups excluding carboxylic acids is 1. The second kappa shape index (κ2) is 4.06. The highest BCUT2D eigenvalue weighted by molar-refractivity contribution is 7.99. The quantitative estimate of drug-likeness (QED) is 0.552. The number of nitrogens with zero attached hydrogens (tertiary/aromatic N) is 3. The smallest absolute Gasteiger partial charge is 0.267 e. The lowest BCUT2D eigenvalue weighted by molar-refractivity contribution is 0.0846. The van der Waals surface area contributed by atoms with E-state index in [0.717, 1.165) is 12.1 Å². The van der Waals surface area contributed by atoms with Crippen molar-refractivity contribution in [3.63, 3.8) is 0 Å². The molecular weight excluding hydrogens is 222 g/mol. The fraction of sp³-hybridized carbons (Fsp3) is 0.273. The van der Waals surface area contributed by atoms with Gasteiger partial charge in [0.05, 0.1) is 23.4 Å². The minimum atomic E-state index is -0.0397. The average molecular weight is 233 g/mol. The summed E-state index contributed by atoms with van der Waals surface area (Å²) in [6.45, 7) is 3.85. The van der Waals surface area contributed by atoms with Gasteiger partial charge < -0.3 is 0 Å². The highest BCUT2D eigenvalue weighted by Crippen LogP contribution is 2.36. The molecule has 0 aromatic heterocycles. The molecule has 1 aliphatic rings. The largest absolute Gasteiger partial charge is 0.268 e. The van der Waals surface area contributed by atoms with Crippen molar-refractivity contribution < 1.29 is 4.79 Å². The number of anilines is 1. The van der Waals surface area contributed by atoms with Crippen LogP contribution in [-0.4, -0.2) is 16.3 Å². The molecule has 0 saturated carbocycles. The first kappa shape index (κ1) is 10.8. The molecule has 16 heavy (non-hydrogen) atoms. The van der Waals surface area contributed by atoms with Crippen molar-refractivity contribution in [1.29, 1.82) is 5.26 Å². The van der Waals surface area contributed by atoms with E-state index in [1.807, 2.05) is 19.9 Å². The Balaban J connectivity index is 2.49. The highest BCUT2D eigenvalue weighted by atomic mass is 32.2. The van der Waals surface area contributed by atoms with Gasteiger partial charge in [0.1, 0.15) is 0 Å². The van der Waals surface area contributed by atoms with Gasteiger partial charge in [0.2, 0.25) is 0 Å². The van der Waals surface area contributed by atoms with Crippen LogP contribution in [0.2, 0.25) is 0 Å². The predicted octanol–water partition coefficient (Wildman–Crippen LogP) is 2.40. The highest BCUT2D eigenvalue weighted by Gasteiger charge is 2.31. The summed E-state index contributed by atoms with van der Waals surface area (Å²) in [5.41, 5.74) is 1.24. The summed E-state index contributed by atoms with van der Waals surface area (Å²) >= 11 is 1.15. The number of para-hydroxylation sites is 1. The molecule has 0 saturated heterocycles. The molecule has 0 unspecified atom stereocenters. The molecule has 2 rings (SSSR count). The van der Waals surface area contributed by atoms with Crippen molar-refractivity contribution in [3.8, 4) is 6.19 Å². The lowest BCUT2D eigenvalue weighted by Crippen LogP contribution is -2.38. The average Bonchev–Trinajstić information content (AvgIpc) is 2.29. The minimum absolute atomic E-state index is 0.0397. The van der Waals surface area contributed by atoms with Crippen molar-refractivity contribution in [2.75, 3.05) is 4.31 Å². The van der Waals surface area contributed by atoms with E-state index in [-0.39, 0.29) is 11.9 Å². The van der Waals surface area contributed by atoms with Gasteiger partial charge in [-0.2, -0.15) is 5.26 Å². The van der Waals surface area contributed by atoms with Crippen LogP contribution in [0.5, 0.6) is 0 Å². The molecule has 1 aromatic carbocycles. The zero-order valence-corrected chi connectivity index (χ0v) is 9.86. The van der Waals surface area contributed by atoms with Crippen LogP contribution in [0.3, 0.4) is 0 Å². The molecule has 5 heteroatoms. The van der Waals surface area contributed by atoms with E-state index in [9.17, 15) is 4.79 Å². The molecule has 0 aliphatic carbocycles. The summed E-state index contributed by atoms with van der Waals surface area (Å²) in [5.74, 6) is -0.0397. The minimum Gasteiger partial charge on any atom is -0.268 e. The second-order valence-electron chi connectivity index (χ2n) is 3.72.